The summed E-state index contributed by atoms with van der Waals surface area (Å²) in [7, 11) is 1.55. The molecule has 6 nitrogen and oxygen atoms in total. The van der Waals surface area contributed by atoms with Crippen molar-refractivity contribution in [3.63, 3.8) is 0 Å². The molecule has 0 saturated heterocycles. The van der Waals surface area contributed by atoms with E-state index in [1.54, 1.807) is 7.11 Å². The molecule has 96 valence electrons. The van der Waals surface area contributed by atoms with Crippen molar-refractivity contribution >= 4 is 5.69 Å². The first-order valence-electron chi connectivity index (χ1n) is 5.91. The molecule has 0 bridgehead atoms. The number of ether oxygens (including phenoxy) is 1. The smallest absolute Gasteiger partial charge is 0.290 e. The highest BCUT2D eigenvalue weighted by Gasteiger charge is 2.27. The van der Waals surface area contributed by atoms with Gasteiger partial charge in [0.1, 0.15) is 5.69 Å². The molecule has 1 heterocycles. The maximum absolute atomic E-state index is 11.9. The molecule has 1 aromatic heterocycles. The van der Waals surface area contributed by atoms with Crippen molar-refractivity contribution in [2.75, 3.05) is 12.8 Å². The summed E-state index contributed by atoms with van der Waals surface area (Å²) in [5, 5.41) is 12.9. The van der Waals surface area contributed by atoms with E-state index in [0.29, 0.717) is 5.69 Å². The number of nitrogens with two attached hydrogens (primary N) is 1. The van der Waals surface area contributed by atoms with E-state index >= 15 is 0 Å². The van der Waals surface area contributed by atoms with Crippen LogP contribution < -0.4 is 11.3 Å². The fourth-order valence-corrected chi connectivity index (χ4v) is 2.40. The van der Waals surface area contributed by atoms with E-state index in [1.165, 1.54) is 4.68 Å². The minimum atomic E-state index is -0.477. The van der Waals surface area contributed by atoms with E-state index < -0.39 is 6.10 Å². The van der Waals surface area contributed by atoms with Crippen LogP contribution in [-0.4, -0.2) is 28.1 Å². The summed E-state index contributed by atoms with van der Waals surface area (Å²) in [6.45, 7) is 0.275. The van der Waals surface area contributed by atoms with Crippen molar-refractivity contribution < 1.29 is 9.84 Å². The molecule has 2 atom stereocenters. The third-order valence-corrected chi connectivity index (χ3v) is 3.34. The van der Waals surface area contributed by atoms with E-state index in [0.717, 1.165) is 25.7 Å². The van der Waals surface area contributed by atoms with E-state index in [4.69, 9.17) is 10.5 Å². The quantitative estimate of drug-likeness (QED) is 0.713. The highest BCUT2D eigenvalue weighted by Crippen LogP contribution is 2.27. The van der Waals surface area contributed by atoms with Crippen molar-refractivity contribution in [1.82, 2.24) is 9.78 Å². The van der Waals surface area contributed by atoms with Crippen molar-refractivity contribution in [2.24, 2.45) is 0 Å². The third-order valence-electron chi connectivity index (χ3n) is 3.34. The largest absolute Gasteiger partial charge is 0.393 e. The maximum Gasteiger partial charge on any atom is 0.290 e. The number of methoxy groups -OCH3 is 1. The Morgan fingerprint density at radius 2 is 2.24 bits per heavy atom. The van der Waals surface area contributed by atoms with Crippen LogP contribution in [0.5, 0.6) is 0 Å². The zero-order chi connectivity index (χ0) is 12.4. The number of H-pyrrole nitrogens is 1. The molecule has 1 saturated carbocycles. The van der Waals surface area contributed by atoms with E-state index in [2.05, 4.69) is 5.10 Å². The van der Waals surface area contributed by atoms with Gasteiger partial charge in [0.2, 0.25) is 0 Å². The number of rotatable bonds is 3. The first-order chi connectivity index (χ1) is 8.15. The second kappa shape index (κ2) is 4.93. The normalized spacial score (nSPS) is 25.1. The standard InChI is InChI=1S/C11H19N3O3/c1-17-6-7-10(12)11(16)14(13-7)8-4-2-3-5-9(8)15/h8-9,13,15H,2-6,12H2,1H3. The molecule has 1 fully saturated rings. The zero-order valence-corrected chi connectivity index (χ0v) is 9.98. The second-order valence-electron chi connectivity index (χ2n) is 4.53. The number of nitrogens with zero attached hydrogens (tertiary/aromatic N) is 1. The minimum absolute atomic E-state index is 0.185. The molecular weight excluding hydrogens is 222 g/mol. The Bertz CT molecular complexity index is 438. The van der Waals surface area contributed by atoms with Crippen LogP contribution in [-0.2, 0) is 11.3 Å². The Balaban J connectivity index is 2.31. The molecule has 2 unspecified atom stereocenters. The molecule has 1 aliphatic rings. The maximum atomic E-state index is 11.9. The van der Waals surface area contributed by atoms with E-state index in [9.17, 15) is 9.90 Å². The number of aromatic amines is 1. The summed E-state index contributed by atoms with van der Waals surface area (Å²) in [5.74, 6) is 0. The van der Waals surface area contributed by atoms with Crippen molar-refractivity contribution in [3.8, 4) is 0 Å². The van der Waals surface area contributed by atoms with Gasteiger partial charge >= 0.3 is 0 Å². The van der Waals surface area contributed by atoms with E-state index in [1.807, 2.05) is 0 Å². The van der Waals surface area contributed by atoms with Crippen LogP contribution in [0, 0.1) is 0 Å². The monoisotopic (exact) mass is 241 g/mol. The van der Waals surface area contributed by atoms with Gasteiger partial charge in [0.25, 0.3) is 5.56 Å². The van der Waals surface area contributed by atoms with Crippen LogP contribution in [0.4, 0.5) is 5.69 Å². The Morgan fingerprint density at radius 3 is 2.88 bits per heavy atom. The molecule has 2 rings (SSSR count). The van der Waals surface area contributed by atoms with Gasteiger partial charge in [0.05, 0.1) is 24.4 Å². The molecule has 17 heavy (non-hydrogen) atoms. The molecule has 0 amide bonds. The molecule has 0 radical (unpaired) electrons. The van der Waals surface area contributed by atoms with Gasteiger partial charge in [-0.05, 0) is 12.8 Å². The number of nitrogens with one attached hydrogen (secondary N) is 1. The molecule has 0 aromatic carbocycles. The highest BCUT2D eigenvalue weighted by molar-refractivity contribution is 5.40. The molecule has 1 aromatic rings. The number of nitrogen functional groups attached to an aromatic ring is 1. The molecular formula is C11H19N3O3. The van der Waals surface area contributed by atoms with Gasteiger partial charge in [-0.1, -0.05) is 12.8 Å². The van der Waals surface area contributed by atoms with Gasteiger partial charge in [0, 0.05) is 7.11 Å². The lowest BCUT2D eigenvalue weighted by molar-refractivity contribution is 0.0671. The zero-order valence-electron chi connectivity index (χ0n) is 9.98. The average molecular weight is 241 g/mol. The molecule has 0 aliphatic heterocycles. The van der Waals surface area contributed by atoms with Gasteiger partial charge in [-0.3, -0.25) is 9.89 Å². The van der Waals surface area contributed by atoms with Crippen LogP contribution in [0.3, 0.4) is 0 Å². The van der Waals surface area contributed by atoms with Gasteiger partial charge < -0.3 is 15.6 Å². The molecule has 1 aliphatic carbocycles. The summed E-state index contributed by atoms with van der Waals surface area (Å²) in [5.41, 5.74) is 6.22. The summed E-state index contributed by atoms with van der Waals surface area (Å²) in [4.78, 5) is 11.9. The predicted octanol–water partition coefficient (Wildman–Crippen LogP) is 0.381. The predicted molar refractivity (Wildman–Crippen MR) is 63.7 cm³/mol. The topological polar surface area (TPSA) is 93.3 Å². The van der Waals surface area contributed by atoms with Crippen LogP contribution in [0.1, 0.15) is 37.4 Å². The fraction of sp³-hybridized carbons (Fsp3) is 0.727. The number of aliphatic hydroxyl groups excluding tert-OH is 1. The van der Waals surface area contributed by atoms with Crippen molar-refractivity contribution in [1.29, 1.82) is 0 Å². The summed E-state index contributed by atoms with van der Waals surface area (Å²) >= 11 is 0. The highest BCUT2D eigenvalue weighted by atomic mass is 16.5. The number of hydrogen-bond acceptors (Lipinski definition) is 4. The van der Waals surface area contributed by atoms with E-state index in [-0.39, 0.29) is 23.9 Å². The number of anilines is 1. The third kappa shape index (κ3) is 2.23. The Hall–Kier alpha value is -1.27. The Labute approximate surface area is 99.4 Å². The lowest BCUT2D eigenvalue weighted by Gasteiger charge is -2.27. The van der Waals surface area contributed by atoms with Crippen molar-refractivity contribution in [3.05, 3.63) is 16.0 Å². The first kappa shape index (κ1) is 12.2. The lowest BCUT2D eigenvalue weighted by atomic mass is 9.93. The van der Waals surface area contributed by atoms with Crippen molar-refractivity contribution in [2.45, 2.75) is 44.4 Å². The van der Waals surface area contributed by atoms with Gasteiger partial charge in [-0.15, -0.1) is 0 Å². The van der Waals surface area contributed by atoms with Gasteiger partial charge in [-0.2, -0.15) is 0 Å². The van der Waals surface area contributed by atoms with Crippen LogP contribution in [0.25, 0.3) is 0 Å². The number of aromatic nitrogens is 2. The summed E-state index contributed by atoms with van der Waals surface area (Å²) < 4.78 is 6.42. The second-order valence-corrected chi connectivity index (χ2v) is 4.53. The van der Waals surface area contributed by atoms with Crippen LogP contribution in [0.2, 0.25) is 0 Å². The number of hydrogen-bond donors (Lipinski definition) is 3. The van der Waals surface area contributed by atoms with Gasteiger partial charge in [-0.25, -0.2) is 4.68 Å². The Morgan fingerprint density at radius 1 is 1.53 bits per heavy atom. The fourth-order valence-electron chi connectivity index (χ4n) is 2.40. The number of aliphatic hydroxyl groups is 1. The lowest BCUT2D eigenvalue weighted by Crippen LogP contribution is -2.34. The average Bonchev–Trinajstić information content (AvgIpc) is 2.59. The SMILES string of the molecule is COCc1[nH]n(C2CCCCC2O)c(=O)c1N. The summed E-state index contributed by atoms with van der Waals surface area (Å²) in [6.07, 6.45) is 3.08. The van der Waals surface area contributed by atoms with Gasteiger partial charge in [0.15, 0.2) is 0 Å². The first-order valence-corrected chi connectivity index (χ1v) is 5.91. The van der Waals surface area contributed by atoms with Crippen LogP contribution >= 0.6 is 0 Å². The van der Waals surface area contributed by atoms with Crippen LogP contribution in [0.15, 0.2) is 4.79 Å². The summed E-state index contributed by atoms with van der Waals surface area (Å²) in [6, 6.07) is -0.191. The molecule has 4 N–H and O–H groups in total. The Kier molecular flexibility index (Phi) is 3.54. The minimum Gasteiger partial charge on any atom is -0.393 e. The molecule has 6 heteroatoms. The molecule has 0 spiro atoms.